The molecule has 3 unspecified atom stereocenters. The lowest BCUT2D eigenvalue weighted by atomic mass is 9.83. The van der Waals surface area contributed by atoms with Gasteiger partial charge >= 0.3 is 0 Å². The van der Waals surface area contributed by atoms with E-state index in [1.165, 1.54) is 0 Å². The summed E-state index contributed by atoms with van der Waals surface area (Å²) < 4.78 is 23.4. The van der Waals surface area contributed by atoms with Crippen molar-refractivity contribution in [2.75, 3.05) is 18.1 Å². The molecule has 2 aliphatic rings. The average Bonchev–Trinajstić information content (AvgIpc) is 3.13. The van der Waals surface area contributed by atoms with E-state index in [2.05, 4.69) is 5.32 Å². The van der Waals surface area contributed by atoms with Crippen LogP contribution in [0.4, 0.5) is 0 Å². The van der Waals surface area contributed by atoms with Crippen molar-refractivity contribution in [2.45, 2.75) is 31.8 Å². The van der Waals surface area contributed by atoms with Gasteiger partial charge in [0.2, 0.25) is 11.8 Å². The topological polar surface area (TPSA) is 83.5 Å². The number of benzene rings is 2. The lowest BCUT2D eigenvalue weighted by Gasteiger charge is -2.41. The maximum absolute atomic E-state index is 13.2. The summed E-state index contributed by atoms with van der Waals surface area (Å²) in [5.41, 5.74) is 1.96. The molecule has 2 aromatic rings. The molecule has 2 fully saturated rings. The first-order chi connectivity index (χ1) is 14.9. The number of hydrogen-bond acceptors (Lipinski definition) is 4. The second-order valence-corrected chi connectivity index (χ2v) is 10.8. The van der Waals surface area contributed by atoms with Gasteiger partial charge in [-0.3, -0.25) is 9.59 Å². The van der Waals surface area contributed by atoms with Gasteiger partial charge < -0.3 is 10.2 Å². The van der Waals surface area contributed by atoms with Crippen molar-refractivity contribution in [1.82, 2.24) is 10.2 Å². The molecular weight excluding hydrogens is 412 g/mol. The number of hydrogen-bond donors (Lipinski definition) is 1. The lowest BCUT2D eigenvalue weighted by Crippen LogP contribution is -2.48. The van der Waals surface area contributed by atoms with E-state index in [9.17, 15) is 18.0 Å². The molecule has 0 spiro atoms. The van der Waals surface area contributed by atoms with Gasteiger partial charge in [-0.25, -0.2) is 8.42 Å². The molecule has 0 bridgehead atoms. The molecule has 2 aromatic carbocycles. The predicted molar refractivity (Wildman–Crippen MR) is 119 cm³/mol. The van der Waals surface area contributed by atoms with Crippen molar-refractivity contribution in [3.05, 3.63) is 71.8 Å². The van der Waals surface area contributed by atoms with Crippen LogP contribution in [0.3, 0.4) is 0 Å². The molecule has 2 saturated heterocycles. The van der Waals surface area contributed by atoms with Crippen LogP contribution >= 0.6 is 0 Å². The number of nitrogens with one attached hydrogen (secondary N) is 1. The Morgan fingerprint density at radius 2 is 1.68 bits per heavy atom. The molecule has 0 aliphatic carbocycles. The van der Waals surface area contributed by atoms with Crippen LogP contribution in [-0.2, 0) is 26.0 Å². The number of amides is 2. The Balaban J connectivity index is 1.55. The van der Waals surface area contributed by atoms with Crippen molar-refractivity contribution in [3.63, 3.8) is 0 Å². The molecule has 6 nitrogen and oxygen atoms in total. The molecule has 7 heteroatoms. The average molecular weight is 441 g/mol. The molecule has 3 atom stereocenters. The Bertz CT molecular complexity index is 1020. The molecule has 31 heavy (non-hydrogen) atoms. The van der Waals surface area contributed by atoms with E-state index in [0.29, 0.717) is 32.4 Å². The second kappa shape index (κ2) is 9.22. The summed E-state index contributed by atoms with van der Waals surface area (Å²) in [7, 11) is -2.98. The fraction of sp³-hybridized carbons (Fsp3) is 0.417. The van der Waals surface area contributed by atoms with E-state index in [0.717, 1.165) is 11.1 Å². The Hall–Kier alpha value is -2.67. The predicted octanol–water partition coefficient (Wildman–Crippen LogP) is 2.72. The molecule has 0 saturated carbocycles. The van der Waals surface area contributed by atoms with Gasteiger partial charge in [-0.15, -0.1) is 0 Å². The Morgan fingerprint density at radius 1 is 1.00 bits per heavy atom. The molecule has 2 aliphatic heterocycles. The number of piperidine rings is 1. The number of carbonyl (C=O) groups is 2. The number of nitrogens with zero attached hydrogens (tertiary/aromatic N) is 1. The van der Waals surface area contributed by atoms with Crippen LogP contribution in [0.25, 0.3) is 0 Å². The van der Waals surface area contributed by atoms with Crippen LogP contribution in [-0.4, -0.2) is 43.2 Å². The first-order valence-electron chi connectivity index (χ1n) is 10.8. The highest BCUT2D eigenvalue weighted by Crippen LogP contribution is 2.38. The van der Waals surface area contributed by atoms with Gasteiger partial charge in [0.25, 0.3) is 0 Å². The SMILES string of the molecule is O=C(NCC1CCS(=O)(=O)C1)C1CCC(=O)N(Cc2ccccc2)C1c1ccccc1. The quantitative estimate of drug-likeness (QED) is 0.749. The number of sulfone groups is 1. The first-order valence-corrected chi connectivity index (χ1v) is 12.6. The minimum absolute atomic E-state index is 0.0326. The molecule has 2 amide bonds. The van der Waals surface area contributed by atoms with Crippen LogP contribution < -0.4 is 5.32 Å². The third-order valence-corrected chi connectivity index (χ3v) is 8.11. The number of carbonyl (C=O) groups excluding carboxylic acids is 2. The van der Waals surface area contributed by atoms with Gasteiger partial charge in [-0.1, -0.05) is 60.7 Å². The minimum atomic E-state index is -2.98. The van der Waals surface area contributed by atoms with Crippen molar-refractivity contribution in [1.29, 1.82) is 0 Å². The Kier molecular flexibility index (Phi) is 6.41. The standard InChI is InChI=1S/C24H28N2O4S/c27-22-12-11-21(24(28)25-15-19-13-14-31(29,30)17-19)23(20-9-5-2-6-10-20)26(22)16-18-7-3-1-4-8-18/h1-10,19,21,23H,11-17H2,(H,25,28). The summed E-state index contributed by atoms with van der Waals surface area (Å²) in [5, 5.41) is 2.99. The van der Waals surface area contributed by atoms with E-state index < -0.39 is 9.84 Å². The summed E-state index contributed by atoms with van der Waals surface area (Å²) >= 11 is 0. The van der Waals surface area contributed by atoms with E-state index in [1.807, 2.05) is 65.6 Å². The Labute approximate surface area is 183 Å². The second-order valence-electron chi connectivity index (χ2n) is 8.52. The van der Waals surface area contributed by atoms with E-state index in [1.54, 1.807) is 0 Å². The number of rotatable bonds is 6. The van der Waals surface area contributed by atoms with Gasteiger partial charge in [0, 0.05) is 19.5 Å². The first kappa shape index (κ1) is 21.6. The Morgan fingerprint density at radius 3 is 2.32 bits per heavy atom. The van der Waals surface area contributed by atoms with Crippen molar-refractivity contribution < 1.29 is 18.0 Å². The fourth-order valence-corrected chi connectivity index (χ4v) is 6.53. The van der Waals surface area contributed by atoms with Crippen LogP contribution in [0, 0.1) is 11.8 Å². The minimum Gasteiger partial charge on any atom is -0.355 e. The monoisotopic (exact) mass is 440 g/mol. The van der Waals surface area contributed by atoms with Gasteiger partial charge in [-0.05, 0) is 29.9 Å². The van der Waals surface area contributed by atoms with Crippen molar-refractivity contribution in [3.8, 4) is 0 Å². The summed E-state index contributed by atoms with van der Waals surface area (Å²) in [5.74, 6) is -0.134. The highest BCUT2D eigenvalue weighted by Gasteiger charge is 2.41. The van der Waals surface area contributed by atoms with E-state index in [4.69, 9.17) is 0 Å². The third kappa shape index (κ3) is 5.15. The van der Waals surface area contributed by atoms with Crippen LogP contribution in [0.15, 0.2) is 60.7 Å². The van der Waals surface area contributed by atoms with Crippen molar-refractivity contribution >= 4 is 21.7 Å². The smallest absolute Gasteiger partial charge is 0.225 e. The van der Waals surface area contributed by atoms with Crippen LogP contribution in [0.1, 0.15) is 36.4 Å². The molecule has 164 valence electrons. The highest BCUT2D eigenvalue weighted by molar-refractivity contribution is 7.91. The molecule has 0 aromatic heterocycles. The summed E-state index contributed by atoms with van der Waals surface area (Å²) in [6.45, 7) is 0.812. The third-order valence-electron chi connectivity index (χ3n) is 6.27. The van der Waals surface area contributed by atoms with Crippen LogP contribution in [0.2, 0.25) is 0 Å². The summed E-state index contributed by atoms with van der Waals surface area (Å²) in [6, 6.07) is 19.1. The number of likely N-dealkylation sites (tertiary alicyclic amines) is 1. The van der Waals surface area contributed by atoms with Crippen molar-refractivity contribution in [2.24, 2.45) is 11.8 Å². The zero-order chi connectivity index (χ0) is 21.8. The van der Waals surface area contributed by atoms with E-state index >= 15 is 0 Å². The highest BCUT2D eigenvalue weighted by atomic mass is 32.2. The largest absolute Gasteiger partial charge is 0.355 e. The fourth-order valence-electron chi connectivity index (χ4n) is 4.67. The van der Waals surface area contributed by atoms with Gasteiger partial charge in [0.15, 0.2) is 9.84 Å². The summed E-state index contributed by atoms with van der Waals surface area (Å²) in [6.07, 6.45) is 1.40. The van der Waals surface area contributed by atoms with Gasteiger partial charge in [0.1, 0.15) is 0 Å². The van der Waals surface area contributed by atoms with Gasteiger partial charge in [-0.2, -0.15) is 0 Å². The molecule has 2 heterocycles. The zero-order valence-corrected chi connectivity index (χ0v) is 18.3. The zero-order valence-electron chi connectivity index (χ0n) is 17.4. The molecule has 1 N–H and O–H groups in total. The maximum atomic E-state index is 13.2. The lowest BCUT2D eigenvalue weighted by molar-refractivity contribution is -0.144. The molecular formula is C24H28N2O4S. The molecule has 0 radical (unpaired) electrons. The van der Waals surface area contributed by atoms with Gasteiger partial charge in [0.05, 0.1) is 23.5 Å². The normalized spacial score (nSPS) is 25.4. The molecule has 4 rings (SSSR count). The van der Waals surface area contributed by atoms with Crippen LogP contribution in [0.5, 0.6) is 0 Å². The van der Waals surface area contributed by atoms with E-state index in [-0.39, 0.29) is 41.2 Å². The maximum Gasteiger partial charge on any atom is 0.225 e. The summed E-state index contributed by atoms with van der Waals surface area (Å²) in [4.78, 5) is 27.9.